The lowest BCUT2D eigenvalue weighted by Gasteiger charge is -2.29. The number of aryl methyl sites for hydroxylation is 1. The molecule has 2 aromatic carbocycles. The first-order chi connectivity index (χ1) is 13.5. The van der Waals surface area contributed by atoms with E-state index >= 15 is 0 Å². The zero-order valence-electron chi connectivity index (χ0n) is 17.2. The molecule has 4 nitrogen and oxygen atoms in total. The Hall–Kier alpha value is -2.62. The topological polar surface area (TPSA) is 49.4 Å². The molecule has 0 bridgehead atoms. The van der Waals surface area contributed by atoms with E-state index < -0.39 is 6.04 Å². The Morgan fingerprint density at radius 1 is 0.893 bits per heavy atom. The van der Waals surface area contributed by atoms with Gasteiger partial charge in [-0.2, -0.15) is 0 Å². The lowest BCUT2D eigenvalue weighted by Crippen LogP contribution is -2.50. The van der Waals surface area contributed by atoms with Gasteiger partial charge in [0, 0.05) is 19.0 Å². The average molecular weight is 381 g/mol. The predicted molar refractivity (Wildman–Crippen MR) is 114 cm³/mol. The van der Waals surface area contributed by atoms with Crippen LogP contribution in [0.25, 0.3) is 0 Å². The molecule has 2 atom stereocenters. The lowest BCUT2D eigenvalue weighted by atomic mass is 10.1. The molecule has 0 aromatic heterocycles. The normalized spacial score (nSPS) is 12.8. The summed E-state index contributed by atoms with van der Waals surface area (Å²) in [6.07, 6.45) is 2.68. The highest BCUT2D eigenvalue weighted by Gasteiger charge is 2.26. The molecule has 0 aliphatic heterocycles. The molecule has 0 radical (unpaired) electrons. The number of nitrogens with one attached hydrogen (secondary N) is 1. The van der Waals surface area contributed by atoms with Crippen LogP contribution in [0.2, 0.25) is 0 Å². The minimum absolute atomic E-state index is 0.0200. The van der Waals surface area contributed by atoms with Gasteiger partial charge in [-0.25, -0.2) is 0 Å². The van der Waals surface area contributed by atoms with Gasteiger partial charge in [0.25, 0.3) is 0 Å². The summed E-state index contributed by atoms with van der Waals surface area (Å²) >= 11 is 0. The number of amides is 2. The van der Waals surface area contributed by atoms with Gasteiger partial charge in [-0.05, 0) is 44.2 Å². The molecule has 2 rings (SSSR count). The van der Waals surface area contributed by atoms with Gasteiger partial charge in [0.1, 0.15) is 6.04 Å². The molecule has 150 valence electrons. The Bertz CT molecular complexity index is 731. The van der Waals surface area contributed by atoms with Gasteiger partial charge >= 0.3 is 0 Å². The van der Waals surface area contributed by atoms with Crippen molar-refractivity contribution < 1.29 is 9.59 Å². The number of hydrogen-bond donors (Lipinski definition) is 1. The maximum atomic E-state index is 13.0. The Morgan fingerprint density at radius 2 is 1.43 bits per heavy atom. The lowest BCUT2D eigenvalue weighted by molar-refractivity contribution is -0.140. The monoisotopic (exact) mass is 380 g/mol. The average Bonchev–Trinajstić information content (AvgIpc) is 2.73. The Labute approximate surface area is 169 Å². The molecular weight excluding hydrogens is 348 g/mol. The molecule has 2 amide bonds. The zero-order chi connectivity index (χ0) is 20.4. The first-order valence-electron chi connectivity index (χ1n) is 10.2. The number of nitrogens with zero attached hydrogens (tertiary/aromatic N) is 1. The van der Waals surface area contributed by atoms with Gasteiger partial charge in [-0.15, -0.1) is 0 Å². The predicted octanol–water partition coefficient (Wildman–Crippen LogP) is 3.99. The summed E-state index contributed by atoms with van der Waals surface area (Å²) in [5.74, 6) is -0.0675. The van der Waals surface area contributed by atoms with Gasteiger partial charge in [0.15, 0.2) is 0 Å². The summed E-state index contributed by atoms with van der Waals surface area (Å²) < 4.78 is 0. The van der Waals surface area contributed by atoms with Crippen LogP contribution in [-0.2, 0) is 22.4 Å². The van der Waals surface area contributed by atoms with E-state index in [-0.39, 0.29) is 17.9 Å². The number of carbonyl (C=O) groups is 2. The van der Waals surface area contributed by atoms with E-state index in [9.17, 15) is 9.59 Å². The third kappa shape index (κ3) is 6.84. The highest BCUT2D eigenvalue weighted by molar-refractivity contribution is 5.87. The molecule has 0 aliphatic carbocycles. The second-order valence-corrected chi connectivity index (χ2v) is 7.30. The first-order valence-corrected chi connectivity index (χ1v) is 10.2. The van der Waals surface area contributed by atoms with Gasteiger partial charge < -0.3 is 10.2 Å². The van der Waals surface area contributed by atoms with Crippen LogP contribution in [-0.4, -0.2) is 35.3 Å². The molecule has 0 heterocycles. The van der Waals surface area contributed by atoms with Gasteiger partial charge in [0.2, 0.25) is 11.8 Å². The van der Waals surface area contributed by atoms with E-state index in [4.69, 9.17) is 0 Å². The van der Waals surface area contributed by atoms with Crippen LogP contribution in [0.15, 0.2) is 60.7 Å². The van der Waals surface area contributed by atoms with Crippen molar-refractivity contribution in [3.05, 3.63) is 71.8 Å². The van der Waals surface area contributed by atoms with E-state index in [1.165, 1.54) is 0 Å². The SMILES string of the molecule is CC[C@H](C)NC(=O)[C@@H](C)N(CCc1ccccc1)C(=O)CCc1ccccc1. The van der Waals surface area contributed by atoms with Crippen LogP contribution in [0.1, 0.15) is 44.7 Å². The Balaban J connectivity index is 2.05. The summed E-state index contributed by atoms with van der Waals surface area (Å²) in [6, 6.07) is 19.7. The van der Waals surface area contributed by atoms with Crippen LogP contribution in [0.5, 0.6) is 0 Å². The molecule has 0 unspecified atom stereocenters. The molecule has 0 saturated heterocycles. The third-order valence-corrected chi connectivity index (χ3v) is 5.12. The van der Waals surface area contributed by atoms with Gasteiger partial charge in [0.05, 0.1) is 0 Å². The number of rotatable bonds is 10. The van der Waals surface area contributed by atoms with E-state index in [2.05, 4.69) is 17.4 Å². The van der Waals surface area contributed by atoms with Crippen LogP contribution < -0.4 is 5.32 Å². The van der Waals surface area contributed by atoms with Crippen LogP contribution in [0.4, 0.5) is 0 Å². The number of carbonyl (C=O) groups excluding carboxylic acids is 2. The first kappa shape index (κ1) is 21.7. The maximum absolute atomic E-state index is 13.0. The second-order valence-electron chi connectivity index (χ2n) is 7.30. The summed E-state index contributed by atoms with van der Waals surface area (Å²) in [6.45, 7) is 6.37. The van der Waals surface area contributed by atoms with Crippen molar-refractivity contribution in [2.75, 3.05) is 6.54 Å². The highest BCUT2D eigenvalue weighted by Crippen LogP contribution is 2.11. The minimum atomic E-state index is -0.485. The summed E-state index contributed by atoms with van der Waals surface area (Å²) in [5, 5.41) is 3.00. The molecule has 28 heavy (non-hydrogen) atoms. The number of hydrogen-bond acceptors (Lipinski definition) is 2. The van der Waals surface area contributed by atoms with E-state index in [1.54, 1.807) is 4.90 Å². The quantitative estimate of drug-likeness (QED) is 0.677. The summed E-state index contributed by atoms with van der Waals surface area (Å²) in [4.78, 5) is 27.4. The third-order valence-electron chi connectivity index (χ3n) is 5.12. The maximum Gasteiger partial charge on any atom is 0.242 e. The van der Waals surface area contributed by atoms with Gasteiger partial charge in [-0.1, -0.05) is 67.6 Å². The fraction of sp³-hybridized carbons (Fsp3) is 0.417. The van der Waals surface area contributed by atoms with Crippen LogP contribution in [0, 0.1) is 0 Å². The molecule has 2 aromatic rings. The molecule has 0 saturated carbocycles. The second kappa shape index (κ2) is 11.3. The van der Waals surface area contributed by atoms with Crippen LogP contribution >= 0.6 is 0 Å². The fourth-order valence-corrected chi connectivity index (χ4v) is 3.08. The molecule has 4 heteroatoms. The smallest absolute Gasteiger partial charge is 0.242 e. The Kier molecular flexibility index (Phi) is 8.73. The van der Waals surface area contributed by atoms with Crippen molar-refractivity contribution >= 4 is 11.8 Å². The molecule has 0 fully saturated rings. The Morgan fingerprint density at radius 3 is 1.96 bits per heavy atom. The van der Waals surface area contributed by atoms with Gasteiger partial charge in [-0.3, -0.25) is 9.59 Å². The molecular formula is C24H32N2O2. The number of benzene rings is 2. The summed E-state index contributed by atoms with van der Waals surface area (Å²) in [5.41, 5.74) is 2.30. The molecule has 0 aliphatic rings. The summed E-state index contributed by atoms with van der Waals surface area (Å²) in [7, 11) is 0. The largest absolute Gasteiger partial charge is 0.352 e. The molecule has 0 spiro atoms. The molecule has 1 N–H and O–H groups in total. The van der Waals surface area contributed by atoms with Crippen molar-refractivity contribution in [2.45, 2.75) is 58.5 Å². The van der Waals surface area contributed by atoms with Crippen molar-refractivity contribution in [3.63, 3.8) is 0 Å². The van der Waals surface area contributed by atoms with Crippen molar-refractivity contribution in [1.82, 2.24) is 10.2 Å². The fourth-order valence-electron chi connectivity index (χ4n) is 3.08. The zero-order valence-corrected chi connectivity index (χ0v) is 17.2. The van der Waals surface area contributed by atoms with Crippen molar-refractivity contribution in [1.29, 1.82) is 0 Å². The minimum Gasteiger partial charge on any atom is -0.352 e. The van der Waals surface area contributed by atoms with E-state index in [0.29, 0.717) is 19.4 Å². The van der Waals surface area contributed by atoms with Crippen molar-refractivity contribution in [2.24, 2.45) is 0 Å². The van der Waals surface area contributed by atoms with Crippen molar-refractivity contribution in [3.8, 4) is 0 Å². The van der Waals surface area contributed by atoms with E-state index in [0.717, 1.165) is 24.0 Å². The van der Waals surface area contributed by atoms with Crippen LogP contribution in [0.3, 0.4) is 0 Å². The standard InChI is InChI=1S/C24H32N2O2/c1-4-19(2)25-24(28)20(3)26(18-17-22-13-9-6-10-14-22)23(27)16-15-21-11-7-5-8-12-21/h5-14,19-20H,4,15-18H2,1-3H3,(H,25,28)/t19-,20+/m0/s1. The highest BCUT2D eigenvalue weighted by atomic mass is 16.2. The van der Waals surface area contributed by atoms with E-state index in [1.807, 2.05) is 69.3 Å².